The molecular weight excluding hydrogens is 250 g/mol. The highest BCUT2D eigenvalue weighted by Gasteiger charge is 2.21. The van der Waals surface area contributed by atoms with Gasteiger partial charge in [-0.15, -0.1) is 0 Å². The van der Waals surface area contributed by atoms with Crippen molar-refractivity contribution in [3.63, 3.8) is 0 Å². The normalized spacial score (nSPS) is 17.1. The van der Waals surface area contributed by atoms with Gasteiger partial charge in [0.2, 0.25) is 5.91 Å². The predicted molar refractivity (Wildman–Crippen MR) is 82.9 cm³/mol. The number of amides is 1. The van der Waals surface area contributed by atoms with Crippen LogP contribution in [0.5, 0.6) is 0 Å². The number of nitrogens with one attached hydrogen (secondary N) is 1. The van der Waals surface area contributed by atoms with Crippen LogP contribution in [0, 0.1) is 11.3 Å². The summed E-state index contributed by atoms with van der Waals surface area (Å²) in [5, 5.41) is 2.85. The highest BCUT2D eigenvalue weighted by molar-refractivity contribution is 5.93. The molecule has 2 rings (SSSR count). The topological polar surface area (TPSA) is 45.2 Å². The van der Waals surface area contributed by atoms with Gasteiger partial charge in [-0.25, -0.2) is 4.98 Å². The van der Waals surface area contributed by atoms with Gasteiger partial charge in [0.15, 0.2) is 0 Å². The maximum atomic E-state index is 11.9. The van der Waals surface area contributed by atoms with Crippen molar-refractivity contribution in [3.05, 3.63) is 18.3 Å². The van der Waals surface area contributed by atoms with Crippen LogP contribution in [0.1, 0.15) is 40.5 Å². The van der Waals surface area contributed by atoms with E-state index in [1.165, 1.54) is 12.8 Å². The Labute approximate surface area is 121 Å². The molecule has 1 aliphatic rings. The predicted octanol–water partition coefficient (Wildman–Crippen LogP) is 3.30. The number of carbonyl (C=O) groups is 1. The Morgan fingerprint density at radius 3 is 2.45 bits per heavy atom. The standard InChI is InChI=1S/C16H25N3O/c1-12-7-9-19(10-8-12)13-5-6-14(17-11-13)18-15(20)16(2,3)4/h5-6,11-12H,7-10H2,1-4H3,(H,17,18,20). The molecule has 1 saturated heterocycles. The summed E-state index contributed by atoms with van der Waals surface area (Å²) in [5.74, 6) is 1.44. The van der Waals surface area contributed by atoms with Crippen LogP contribution in [0.3, 0.4) is 0 Å². The maximum absolute atomic E-state index is 11.9. The van der Waals surface area contributed by atoms with Gasteiger partial charge in [0.05, 0.1) is 11.9 Å². The summed E-state index contributed by atoms with van der Waals surface area (Å²) in [6, 6.07) is 3.93. The third kappa shape index (κ3) is 3.71. The molecule has 0 aliphatic carbocycles. The number of anilines is 2. The molecule has 0 spiro atoms. The molecule has 1 fully saturated rings. The summed E-state index contributed by atoms with van der Waals surface area (Å²) in [6.45, 7) is 10.2. The zero-order chi connectivity index (χ0) is 14.8. The summed E-state index contributed by atoms with van der Waals surface area (Å²) < 4.78 is 0. The first kappa shape index (κ1) is 14.8. The molecule has 0 unspecified atom stereocenters. The first-order chi connectivity index (χ1) is 9.36. The lowest BCUT2D eigenvalue weighted by atomic mass is 9.96. The maximum Gasteiger partial charge on any atom is 0.230 e. The van der Waals surface area contributed by atoms with Crippen LogP contribution >= 0.6 is 0 Å². The van der Waals surface area contributed by atoms with Crippen LogP contribution in [0.15, 0.2) is 18.3 Å². The lowest BCUT2D eigenvalue weighted by Gasteiger charge is -2.31. The fourth-order valence-electron chi connectivity index (χ4n) is 2.22. The van der Waals surface area contributed by atoms with Crippen molar-refractivity contribution in [3.8, 4) is 0 Å². The Morgan fingerprint density at radius 1 is 1.30 bits per heavy atom. The van der Waals surface area contributed by atoms with E-state index >= 15 is 0 Å². The average molecular weight is 275 g/mol. The number of aromatic nitrogens is 1. The lowest BCUT2D eigenvalue weighted by molar-refractivity contribution is -0.123. The van der Waals surface area contributed by atoms with E-state index < -0.39 is 5.41 Å². The van der Waals surface area contributed by atoms with Crippen LogP contribution in [0.2, 0.25) is 0 Å². The van der Waals surface area contributed by atoms with Crippen molar-refractivity contribution >= 4 is 17.4 Å². The van der Waals surface area contributed by atoms with Crippen molar-refractivity contribution in [2.24, 2.45) is 11.3 Å². The Morgan fingerprint density at radius 2 is 1.95 bits per heavy atom. The first-order valence-electron chi connectivity index (χ1n) is 7.39. The first-order valence-corrected chi connectivity index (χ1v) is 7.39. The summed E-state index contributed by atoms with van der Waals surface area (Å²) in [7, 11) is 0. The second kappa shape index (κ2) is 5.81. The molecule has 110 valence electrons. The number of hydrogen-bond acceptors (Lipinski definition) is 3. The number of hydrogen-bond donors (Lipinski definition) is 1. The molecule has 0 saturated carbocycles. The number of piperidine rings is 1. The number of rotatable bonds is 2. The van der Waals surface area contributed by atoms with Gasteiger partial charge in [-0.2, -0.15) is 0 Å². The van der Waals surface area contributed by atoms with Crippen LogP contribution in [-0.4, -0.2) is 24.0 Å². The summed E-state index contributed by atoms with van der Waals surface area (Å²) in [5.41, 5.74) is 0.745. The molecule has 1 N–H and O–H groups in total. The minimum Gasteiger partial charge on any atom is -0.370 e. The number of pyridine rings is 1. The summed E-state index contributed by atoms with van der Waals surface area (Å²) in [6.07, 6.45) is 4.33. The molecule has 1 aliphatic heterocycles. The van der Waals surface area contributed by atoms with E-state index in [1.54, 1.807) is 0 Å². The van der Waals surface area contributed by atoms with Crippen LogP contribution in [-0.2, 0) is 4.79 Å². The van der Waals surface area contributed by atoms with E-state index in [0.717, 1.165) is 24.7 Å². The molecule has 0 aromatic carbocycles. The van der Waals surface area contributed by atoms with E-state index in [9.17, 15) is 4.79 Å². The molecule has 2 heterocycles. The molecule has 0 atom stereocenters. The SMILES string of the molecule is CC1CCN(c2ccc(NC(=O)C(C)(C)C)nc2)CC1. The van der Waals surface area contributed by atoms with Gasteiger partial charge in [-0.3, -0.25) is 4.79 Å². The summed E-state index contributed by atoms with van der Waals surface area (Å²) >= 11 is 0. The van der Waals surface area contributed by atoms with Gasteiger partial charge in [0, 0.05) is 18.5 Å². The molecule has 0 bridgehead atoms. The van der Waals surface area contributed by atoms with E-state index in [0.29, 0.717) is 5.82 Å². The van der Waals surface area contributed by atoms with Crippen molar-refractivity contribution in [2.75, 3.05) is 23.3 Å². The minimum atomic E-state index is -0.399. The Bertz CT molecular complexity index is 454. The van der Waals surface area contributed by atoms with Crippen LogP contribution in [0.4, 0.5) is 11.5 Å². The van der Waals surface area contributed by atoms with Crippen molar-refractivity contribution in [1.82, 2.24) is 4.98 Å². The van der Waals surface area contributed by atoms with Gasteiger partial charge >= 0.3 is 0 Å². The largest absolute Gasteiger partial charge is 0.370 e. The second-order valence-corrected chi connectivity index (χ2v) is 6.78. The number of carbonyl (C=O) groups excluding carboxylic acids is 1. The van der Waals surface area contributed by atoms with E-state index in [2.05, 4.69) is 22.1 Å². The smallest absolute Gasteiger partial charge is 0.230 e. The fourth-order valence-corrected chi connectivity index (χ4v) is 2.22. The van der Waals surface area contributed by atoms with Gasteiger partial charge < -0.3 is 10.2 Å². The van der Waals surface area contributed by atoms with Crippen LogP contribution < -0.4 is 10.2 Å². The van der Waals surface area contributed by atoms with E-state index in [4.69, 9.17) is 0 Å². The highest BCUT2D eigenvalue weighted by Crippen LogP contribution is 2.23. The monoisotopic (exact) mass is 275 g/mol. The third-order valence-electron chi connectivity index (χ3n) is 3.82. The van der Waals surface area contributed by atoms with Crippen molar-refractivity contribution in [1.29, 1.82) is 0 Å². The molecule has 4 heteroatoms. The quantitative estimate of drug-likeness (QED) is 0.900. The highest BCUT2D eigenvalue weighted by atomic mass is 16.2. The zero-order valence-electron chi connectivity index (χ0n) is 12.9. The molecule has 4 nitrogen and oxygen atoms in total. The van der Waals surface area contributed by atoms with Crippen molar-refractivity contribution < 1.29 is 4.79 Å². The zero-order valence-corrected chi connectivity index (χ0v) is 12.9. The van der Waals surface area contributed by atoms with Gasteiger partial charge in [-0.05, 0) is 30.9 Å². The Balaban J connectivity index is 1.98. The molecule has 1 amide bonds. The average Bonchev–Trinajstić information content (AvgIpc) is 2.39. The van der Waals surface area contributed by atoms with E-state index in [1.807, 2.05) is 39.1 Å². The molecule has 0 radical (unpaired) electrons. The summed E-state index contributed by atoms with van der Waals surface area (Å²) in [4.78, 5) is 18.6. The minimum absolute atomic E-state index is 0.00968. The van der Waals surface area contributed by atoms with E-state index in [-0.39, 0.29) is 5.91 Å². The number of nitrogens with zero attached hydrogens (tertiary/aromatic N) is 2. The molecule has 1 aromatic heterocycles. The van der Waals surface area contributed by atoms with Gasteiger partial charge in [0.1, 0.15) is 5.82 Å². The van der Waals surface area contributed by atoms with Crippen LogP contribution in [0.25, 0.3) is 0 Å². The molecule has 1 aromatic rings. The fraction of sp³-hybridized carbons (Fsp3) is 0.625. The Kier molecular flexibility index (Phi) is 4.31. The third-order valence-corrected chi connectivity index (χ3v) is 3.82. The molecular formula is C16H25N3O. The lowest BCUT2D eigenvalue weighted by Crippen LogP contribution is -2.32. The molecule has 20 heavy (non-hydrogen) atoms. The Hall–Kier alpha value is -1.58. The van der Waals surface area contributed by atoms with Gasteiger partial charge in [0.25, 0.3) is 0 Å². The second-order valence-electron chi connectivity index (χ2n) is 6.78. The van der Waals surface area contributed by atoms with Crippen molar-refractivity contribution in [2.45, 2.75) is 40.5 Å². The van der Waals surface area contributed by atoms with Gasteiger partial charge in [-0.1, -0.05) is 27.7 Å².